The van der Waals surface area contributed by atoms with Crippen LogP contribution >= 0.6 is 0 Å². The van der Waals surface area contributed by atoms with Crippen molar-refractivity contribution in [2.45, 2.75) is 13.8 Å². The number of nitrogens with one attached hydrogen (secondary N) is 1. The molecule has 3 aromatic rings. The summed E-state index contributed by atoms with van der Waals surface area (Å²) in [6, 6.07) is 10.1. The number of benzene rings is 1. The van der Waals surface area contributed by atoms with Crippen LogP contribution in [0.3, 0.4) is 0 Å². The summed E-state index contributed by atoms with van der Waals surface area (Å²) in [5.74, 6) is 1.22. The number of rotatable bonds is 3. The van der Waals surface area contributed by atoms with Gasteiger partial charge in [-0.05, 0) is 38.1 Å². The molecule has 0 saturated heterocycles. The van der Waals surface area contributed by atoms with E-state index in [1.165, 1.54) is 6.07 Å². The summed E-state index contributed by atoms with van der Waals surface area (Å²) in [6.45, 7) is 3.61. The third kappa shape index (κ3) is 2.96. The van der Waals surface area contributed by atoms with E-state index in [2.05, 4.69) is 15.5 Å². The third-order valence-corrected chi connectivity index (χ3v) is 3.17. The van der Waals surface area contributed by atoms with Crippen molar-refractivity contribution < 1.29 is 13.6 Å². The van der Waals surface area contributed by atoms with E-state index < -0.39 is 5.91 Å². The van der Waals surface area contributed by atoms with Gasteiger partial charge < -0.3 is 8.83 Å². The molecule has 0 unspecified atom stereocenters. The van der Waals surface area contributed by atoms with Crippen molar-refractivity contribution in [1.82, 2.24) is 10.2 Å². The number of aryl methyl sites for hydroxylation is 2. The molecule has 7 heteroatoms. The van der Waals surface area contributed by atoms with Crippen molar-refractivity contribution >= 4 is 11.9 Å². The smallest absolute Gasteiger partial charge is 0.322 e. The van der Waals surface area contributed by atoms with Crippen molar-refractivity contribution in [3.63, 3.8) is 0 Å². The molecule has 1 N–H and O–H groups in total. The van der Waals surface area contributed by atoms with E-state index in [4.69, 9.17) is 14.1 Å². The summed E-state index contributed by atoms with van der Waals surface area (Å²) < 4.78 is 10.8. The summed E-state index contributed by atoms with van der Waals surface area (Å²) in [4.78, 5) is 12.1. The fourth-order valence-corrected chi connectivity index (χ4v) is 2.12. The van der Waals surface area contributed by atoms with E-state index in [1.54, 1.807) is 31.2 Å². The molecule has 0 spiro atoms. The molecule has 0 atom stereocenters. The fourth-order valence-electron chi connectivity index (χ4n) is 2.12. The summed E-state index contributed by atoms with van der Waals surface area (Å²) in [6.07, 6.45) is 0. The van der Waals surface area contributed by atoms with Gasteiger partial charge in [-0.1, -0.05) is 11.2 Å². The Morgan fingerprint density at radius 2 is 2.04 bits per heavy atom. The highest BCUT2D eigenvalue weighted by Gasteiger charge is 2.16. The number of anilines is 1. The molecule has 3 rings (SSSR count). The van der Waals surface area contributed by atoms with Crippen LogP contribution in [0.1, 0.15) is 27.4 Å². The highest BCUT2D eigenvalue weighted by molar-refractivity contribution is 6.03. The molecular formula is C16H12N4O3. The number of carbonyl (C=O) groups is 1. The highest BCUT2D eigenvalue weighted by atomic mass is 16.4. The molecular weight excluding hydrogens is 296 g/mol. The lowest BCUT2D eigenvalue weighted by Gasteiger charge is -2.00. The van der Waals surface area contributed by atoms with Crippen molar-refractivity contribution in [2.75, 3.05) is 5.32 Å². The van der Waals surface area contributed by atoms with Crippen LogP contribution in [-0.2, 0) is 0 Å². The van der Waals surface area contributed by atoms with Crippen molar-refractivity contribution in [3.8, 4) is 17.5 Å². The van der Waals surface area contributed by atoms with Crippen LogP contribution in [0.5, 0.6) is 0 Å². The lowest BCUT2D eigenvalue weighted by molar-refractivity contribution is 0.102. The lowest BCUT2D eigenvalue weighted by atomic mass is 10.1. The quantitative estimate of drug-likeness (QED) is 0.797. The molecule has 1 aromatic carbocycles. The van der Waals surface area contributed by atoms with Gasteiger partial charge in [0, 0.05) is 5.56 Å². The number of carbonyl (C=O) groups excluding carboxylic acids is 1. The number of aromatic nitrogens is 2. The number of hydrogen-bond acceptors (Lipinski definition) is 6. The minimum Gasteiger partial charge on any atom is -0.466 e. The molecule has 2 heterocycles. The number of nitrogens with zero attached hydrogens (tertiary/aromatic N) is 3. The number of nitriles is 1. The van der Waals surface area contributed by atoms with Gasteiger partial charge in [0.25, 0.3) is 11.8 Å². The largest absolute Gasteiger partial charge is 0.466 e. The van der Waals surface area contributed by atoms with Crippen LogP contribution < -0.4 is 5.32 Å². The van der Waals surface area contributed by atoms with Gasteiger partial charge in [-0.2, -0.15) is 5.26 Å². The molecule has 7 nitrogen and oxygen atoms in total. The predicted octanol–water partition coefficient (Wildman–Crippen LogP) is 3.07. The topological polar surface area (TPSA) is 105 Å². The molecule has 2 aromatic heterocycles. The van der Waals surface area contributed by atoms with E-state index in [9.17, 15) is 4.79 Å². The normalized spacial score (nSPS) is 10.3. The van der Waals surface area contributed by atoms with Crippen LogP contribution in [0.25, 0.3) is 11.5 Å². The van der Waals surface area contributed by atoms with Crippen LogP contribution in [-0.4, -0.2) is 16.1 Å². The molecule has 1 amide bonds. The van der Waals surface area contributed by atoms with E-state index in [0.717, 1.165) is 5.76 Å². The molecule has 0 bridgehead atoms. The molecule has 114 valence electrons. The molecule has 23 heavy (non-hydrogen) atoms. The first-order valence-corrected chi connectivity index (χ1v) is 6.79. The Labute approximate surface area is 131 Å². The Balaban J connectivity index is 1.80. The molecule has 0 radical (unpaired) electrons. The zero-order chi connectivity index (χ0) is 16.4. The van der Waals surface area contributed by atoms with Gasteiger partial charge in [-0.25, -0.2) is 0 Å². The molecule has 0 aliphatic carbocycles. The fraction of sp³-hybridized carbons (Fsp3) is 0.125. The minimum absolute atomic E-state index is 0.0226. The van der Waals surface area contributed by atoms with Crippen molar-refractivity contribution in [1.29, 1.82) is 5.26 Å². The maximum Gasteiger partial charge on any atom is 0.322 e. The average Bonchev–Trinajstić information content (AvgIpc) is 3.13. The van der Waals surface area contributed by atoms with Gasteiger partial charge in [0.05, 0.1) is 17.2 Å². The van der Waals surface area contributed by atoms with Crippen LogP contribution in [0.4, 0.5) is 6.01 Å². The highest BCUT2D eigenvalue weighted by Crippen LogP contribution is 2.26. The molecule has 0 fully saturated rings. The Hall–Kier alpha value is -3.40. The zero-order valence-electron chi connectivity index (χ0n) is 12.5. The second kappa shape index (κ2) is 5.77. The van der Waals surface area contributed by atoms with E-state index in [-0.39, 0.29) is 11.9 Å². The Morgan fingerprint density at radius 3 is 2.74 bits per heavy atom. The standard InChI is InChI=1S/C16H12N4O3/c1-9-6-13(10(2)22-9)15-19-20-16(23-15)18-14(21)12-5-3-4-11(7-12)8-17/h3-7H,1-2H3,(H,18,20,21). The summed E-state index contributed by atoms with van der Waals surface area (Å²) in [5.41, 5.74) is 1.41. The minimum atomic E-state index is -0.433. The van der Waals surface area contributed by atoms with Crippen molar-refractivity contribution in [3.05, 3.63) is 53.0 Å². The number of amides is 1. The molecule has 0 aliphatic rings. The monoisotopic (exact) mass is 308 g/mol. The maximum atomic E-state index is 12.1. The average molecular weight is 308 g/mol. The summed E-state index contributed by atoms with van der Waals surface area (Å²) in [5, 5.41) is 19.1. The number of hydrogen-bond donors (Lipinski definition) is 1. The first-order chi connectivity index (χ1) is 11.1. The van der Waals surface area contributed by atoms with E-state index in [1.807, 2.05) is 13.0 Å². The summed E-state index contributed by atoms with van der Waals surface area (Å²) in [7, 11) is 0. The van der Waals surface area contributed by atoms with E-state index >= 15 is 0 Å². The second-order valence-electron chi connectivity index (χ2n) is 4.89. The second-order valence-corrected chi connectivity index (χ2v) is 4.89. The zero-order valence-corrected chi connectivity index (χ0v) is 12.5. The summed E-state index contributed by atoms with van der Waals surface area (Å²) >= 11 is 0. The van der Waals surface area contributed by atoms with Crippen molar-refractivity contribution in [2.24, 2.45) is 0 Å². The van der Waals surface area contributed by atoms with Gasteiger partial charge in [-0.15, -0.1) is 5.10 Å². The first-order valence-electron chi connectivity index (χ1n) is 6.79. The lowest BCUT2D eigenvalue weighted by Crippen LogP contribution is -2.12. The molecule has 0 aliphatic heterocycles. The Kier molecular flexibility index (Phi) is 3.65. The van der Waals surface area contributed by atoms with Gasteiger partial charge in [0.2, 0.25) is 0 Å². The first kappa shape index (κ1) is 14.5. The van der Waals surface area contributed by atoms with E-state index in [0.29, 0.717) is 22.5 Å². The molecule has 0 saturated carbocycles. The van der Waals surface area contributed by atoms with Gasteiger partial charge in [0.1, 0.15) is 11.5 Å². The van der Waals surface area contributed by atoms with Gasteiger partial charge in [-0.3, -0.25) is 10.1 Å². The predicted molar refractivity (Wildman–Crippen MR) is 80.6 cm³/mol. The van der Waals surface area contributed by atoms with Crippen LogP contribution in [0, 0.1) is 25.2 Å². The maximum absolute atomic E-state index is 12.1. The Morgan fingerprint density at radius 1 is 1.22 bits per heavy atom. The van der Waals surface area contributed by atoms with Crippen LogP contribution in [0.15, 0.2) is 39.2 Å². The van der Waals surface area contributed by atoms with Crippen LogP contribution in [0.2, 0.25) is 0 Å². The third-order valence-electron chi connectivity index (χ3n) is 3.17. The Bertz CT molecular complexity index is 918. The van der Waals surface area contributed by atoms with Gasteiger partial charge in [0.15, 0.2) is 0 Å². The SMILES string of the molecule is Cc1cc(-c2nnc(NC(=O)c3cccc(C#N)c3)o2)c(C)o1. The number of furan rings is 1. The van der Waals surface area contributed by atoms with Gasteiger partial charge >= 0.3 is 6.01 Å².